The highest BCUT2D eigenvalue weighted by molar-refractivity contribution is 5.13. The predicted octanol–water partition coefficient (Wildman–Crippen LogP) is 4.18. The van der Waals surface area contributed by atoms with Crippen molar-refractivity contribution in [3.8, 4) is 0 Å². The van der Waals surface area contributed by atoms with Crippen LogP contribution in [0.3, 0.4) is 0 Å². The fourth-order valence-corrected chi connectivity index (χ4v) is 3.04. The average molecular weight is 304 g/mol. The van der Waals surface area contributed by atoms with E-state index in [0.717, 1.165) is 6.42 Å². The number of methoxy groups -OCH3 is 1. The van der Waals surface area contributed by atoms with Crippen LogP contribution >= 0.6 is 0 Å². The van der Waals surface area contributed by atoms with Crippen molar-refractivity contribution in [3.05, 3.63) is 47.5 Å². The Bertz CT molecular complexity index is 469. The summed E-state index contributed by atoms with van der Waals surface area (Å²) in [5.74, 6) is 0.689. The molecule has 1 heterocycles. The Labute approximate surface area is 134 Å². The first-order valence-corrected chi connectivity index (χ1v) is 8.07. The Morgan fingerprint density at radius 2 is 2.00 bits per heavy atom. The molecule has 0 bridgehead atoms. The van der Waals surface area contributed by atoms with E-state index in [1.54, 1.807) is 7.11 Å². The summed E-state index contributed by atoms with van der Waals surface area (Å²) in [4.78, 5) is 0. The molecule has 4 atom stereocenters. The van der Waals surface area contributed by atoms with Crippen molar-refractivity contribution in [2.75, 3.05) is 13.7 Å². The molecule has 0 spiro atoms. The third kappa shape index (κ3) is 4.94. The summed E-state index contributed by atoms with van der Waals surface area (Å²) in [5.41, 5.74) is 2.54. The van der Waals surface area contributed by atoms with Gasteiger partial charge in [0.25, 0.3) is 0 Å². The van der Waals surface area contributed by atoms with Gasteiger partial charge < -0.3 is 14.2 Å². The van der Waals surface area contributed by atoms with Crippen LogP contribution < -0.4 is 0 Å². The molecule has 1 aliphatic heterocycles. The maximum atomic E-state index is 6.15. The van der Waals surface area contributed by atoms with Crippen LogP contribution in [0.4, 0.5) is 0 Å². The molecule has 1 aliphatic rings. The van der Waals surface area contributed by atoms with Gasteiger partial charge in [0.1, 0.15) is 0 Å². The molecule has 0 amide bonds. The monoisotopic (exact) mass is 304 g/mol. The average Bonchev–Trinajstić information content (AvgIpc) is 2.66. The minimum absolute atomic E-state index is 0.123. The van der Waals surface area contributed by atoms with Crippen LogP contribution in [0.15, 0.2) is 42.0 Å². The lowest BCUT2D eigenvalue weighted by Gasteiger charge is -2.29. The van der Waals surface area contributed by atoms with Gasteiger partial charge in [-0.3, -0.25) is 0 Å². The highest BCUT2D eigenvalue weighted by Crippen LogP contribution is 2.28. The van der Waals surface area contributed by atoms with Crippen LogP contribution in [0.2, 0.25) is 0 Å². The molecule has 0 fully saturated rings. The second-order valence-corrected chi connectivity index (χ2v) is 6.32. The van der Waals surface area contributed by atoms with Gasteiger partial charge in [0.15, 0.2) is 6.29 Å². The lowest BCUT2D eigenvalue weighted by atomic mass is 9.92. The molecule has 3 heteroatoms. The van der Waals surface area contributed by atoms with Crippen molar-refractivity contribution >= 4 is 0 Å². The van der Waals surface area contributed by atoms with Crippen LogP contribution in [-0.4, -0.2) is 26.1 Å². The summed E-state index contributed by atoms with van der Waals surface area (Å²) in [6, 6.07) is 10.3. The third-order valence-corrected chi connectivity index (χ3v) is 4.18. The van der Waals surface area contributed by atoms with E-state index < -0.39 is 0 Å². The van der Waals surface area contributed by atoms with Gasteiger partial charge in [-0.05, 0) is 12.5 Å². The normalized spacial score (nSPS) is 27.1. The van der Waals surface area contributed by atoms with Crippen LogP contribution in [0.1, 0.15) is 32.8 Å². The standard InChI is InChI=1S/C19H28O3/c1-14-10-15(2)19(22-18(11-14)20-4)16(3)12-21-13-17-8-6-5-7-9-17/h5-10,15-16,18-19H,11-13H2,1-4H3/t15-,16-,18?,19?/m0/s1. The van der Waals surface area contributed by atoms with Gasteiger partial charge in [-0.1, -0.05) is 55.8 Å². The highest BCUT2D eigenvalue weighted by Gasteiger charge is 2.29. The first-order valence-electron chi connectivity index (χ1n) is 8.07. The van der Waals surface area contributed by atoms with Crippen molar-refractivity contribution in [2.45, 2.75) is 46.2 Å². The molecule has 3 nitrogen and oxygen atoms in total. The zero-order valence-electron chi connectivity index (χ0n) is 14.1. The van der Waals surface area contributed by atoms with E-state index in [0.29, 0.717) is 25.0 Å². The Morgan fingerprint density at radius 3 is 2.68 bits per heavy atom. The Kier molecular flexibility index (Phi) is 6.62. The molecule has 0 aliphatic carbocycles. The zero-order valence-corrected chi connectivity index (χ0v) is 14.1. The quantitative estimate of drug-likeness (QED) is 0.738. The molecule has 0 aromatic heterocycles. The topological polar surface area (TPSA) is 27.7 Å². The minimum Gasteiger partial charge on any atom is -0.376 e. The Morgan fingerprint density at radius 1 is 1.27 bits per heavy atom. The van der Waals surface area contributed by atoms with Crippen LogP contribution in [0, 0.1) is 11.8 Å². The van der Waals surface area contributed by atoms with Gasteiger partial charge in [-0.25, -0.2) is 0 Å². The van der Waals surface area contributed by atoms with Gasteiger partial charge in [-0.15, -0.1) is 0 Å². The maximum absolute atomic E-state index is 6.15. The van der Waals surface area contributed by atoms with Crippen LogP contribution in [-0.2, 0) is 20.8 Å². The smallest absolute Gasteiger partial charge is 0.161 e. The Hall–Kier alpha value is -1.16. The molecule has 122 valence electrons. The number of rotatable bonds is 6. The van der Waals surface area contributed by atoms with Crippen molar-refractivity contribution in [1.82, 2.24) is 0 Å². The van der Waals surface area contributed by atoms with Crippen molar-refractivity contribution in [1.29, 1.82) is 0 Å². The number of hydrogen-bond donors (Lipinski definition) is 0. The molecule has 0 saturated carbocycles. The predicted molar refractivity (Wildman–Crippen MR) is 88.5 cm³/mol. The van der Waals surface area contributed by atoms with Gasteiger partial charge in [0, 0.05) is 25.4 Å². The molecule has 1 aromatic carbocycles. The maximum Gasteiger partial charge on any atom is 0.161 e. The first kappa shape index (κ1) is 17.2. The fourth-order valence-electron chi connectivity index (χ4n) is 3.04. The van der Waals surface area contributed by atoms with E-state index in [2.05, 4.69) is 39.0 Å². The molecule has 0 N–H and O–H groups in total. The molecule has 22 heavy (non-hydrogen) atoms. The number of ether oxygens (including phenoxy) is 3. The molecule has 2 unspecified atom stereocenters. The van der Waals surface area contributed by atoms with Gasteiger partial charge in [0.05, 0.1) is 19.3 Å². The summed E-state index contributed by atoms with van der Waals surface area (Å²) >= 11 is 0. The van der Waals surface area contributed by atoms with E-state index in [-0.39, 0.29) is 12.4 Å². The van der Waals surface area contributed by atoms with Crippen molar-refractivity contribution in [3.63, 3.8) is 0 Å². The lowest BCUT2D eigenvalue weighted by molar-refractivity contribution is -0.176. The van der Waals surface area contributed by atoms with Gasteiger partial charge >= 0.3 is 0 Å². The van der Waals surface area contributed by atoms with E-state index in [1.807, 2.05) is 18.2 Å². The lowest BCUT2D eigenvalue weighted by Crippen LogP contribution is -2.34. The van der Waals surface area contributed by atoms with Gasteiger partial charge in [-0.2, -0.15) is 0 Å². The van der Waals surface area contributed by atoms with E-state index in [9.17, 15) is 0 Å². The largest absolute Gasteiger partial charge is 0.376 e. The minimum atomic E-state index is -0.150. The molecule has 0 saturated heterocycles. The Balaban J connectivity index is 1.88. The van der Waals surface area contributed by atoms with Crippen LogP contribution in [0.25, 0.3) is 0 Å². The van der Waals surface area contributed by atoms with Gasteiger partial charge in [0.2, 0.25) is 0 Å². The second kappa shape index (κ2) is 8.47. The van der Waals surface area contributed by atoms with E-state index in [4.69, 9.17) is 14.2 Å². The number of benzene rings is 1. The summed E-state index contributed by atoms with van der Waals surface area (Å²) in [6.45, 7) is 7.88. The van der Waals surface area contributed by atoms with E-state index >= 15 is 0 Å². The SMILES string of the molecule is COC1CC(C)=C[C@H](C)C([C@@H](C)COCc2ccccc2)O1. The molecule has 1 aromatic rings. The summed E-state index contributed by atoms with van der Waals surface area (Å²) in [6.07, 6.45) is 3.12. The third-order valence-electron chi connectivity index (χ3n) is 4.18. The highest BCUT2D eigenvalue weighted by atomic mass is 16.7. The molecule has 2 rings (SSSR count). The van der Waals surface area contributed by atoms with E-state index in [1.165, 1.54) is 11.1 Å². The fraction of sp³-hybridized carbons (Fsp3) is 0.579. The summed E-state index contributed by atoms with van der Waals surface area (Å²) in [7, 11) is 1.71. The summed E-state index contributed by atoms with van der Waals surface area (Å²) < 4.78 is 17.5. The first-order chi connectivity index (χ1) is 10.6. The number of hydrogen-bond acceptors (Lipinski definition) is 3. The zero-order chi connectivity index (χ0) is 15.9. The molecular formula is C19H28O3. The van der Waals surface area contributed by atoms with Crippen LogP contribution in [0.5, 0.6) is 0 Å². The van der Waals surface area contributed by atoms with Crippen molar-refractivity contribution in [2.24, 2.45) is 11.8 Å². The summed E-state index contributed by atoms with van der Waals surface area (Å²) in [5, 5.41) is 0. The molecule has 0 radical (unpaired) electrons. The van der Waals surface area contributed by atoms with Crippen molar-refractivity contribution < 1.29 is 14.2 Å². The second-order valence-electron chi connectivity index (χ2n) is 6.32. The molecular weight excluding hydrogens is 276 g/mol.